The van der Waals surface area contributed by atoms with Gasteiger partial charge < -0.3 is 10.2 Å². The molecule has 0 saturated heterocycles. The lowest BCUT2D eigenvalue weighted by Gasteiger charge is -2.12. The fraction of sp³-hybridized carbons (Fsp3) is 0.444. The Labute approximate surface area is 83.1 Å². The van der Waals surface area contributed by atoms with E-state index in [2.05, 4.69) is 15.5 Å². The van der Waals surface area contributed by atoms with Gasteiger partial charge in [-0.3, -0.25) is 4.79 Å². The third kappa shape index (κ3) is 2.18. The van der Waals surface area contributed by atoms with Gasteiger partial charge in [-0.2, -0.15) is 0 Å². The molecule has 0 radical (unpaired) electrons. The molecular weight excluding hydrogens is 180 g/mol. The van der Waals surface area contributed by atoms with Crippen LogP contribution in [0.1, 0.15) is 17.4 Å². The number of amides is 1. The first-order chi connectivity index (χ1) is 6.69. The van der Waals surface area contributed by atoms with Gasteiger partial charge in [-0.25, -0.2) is 0 Å². The molecule has 1 aromatic rings. The average molecular weight is 194 g/mol. The Morgan fingerprint density at radius 3 is 2.64 bits per heavy atom. The topological polar surface area (TPSA) is 58.1 Å². The highest BCUT2D eigenvalue weighted by atomic mass is 16.2. The molecule has 0 fully saturated rings. The second kappa shape index (κ2) is 4.55. The first-order valence-corrected chi connectivity index (χ1v) is 4.46. The lowest BCUT2D eigenvalue weighted by Crippen LogP contribution is -2.27. The summed E-state index contributed by atoms with van der Waals surface area (Å²) in [5, 5.41) is 10.5. The smallest absolute Gasteiger partial charge is 0.274 e. The van der Waals surface area contributed by atoms with E-state index in [-0.39, 0.29) is 5.91 Å². The molecule has 5 nitrogen and oxygen atoms in total. The van der Waals surface area contributed by atoms with Gasteiger partial charge in [-0.1, -0.05) is 0 Å². The van der Waals surface area contributed by atoms with Crippen molar-refractivity contribution in [1.29, 1.82) is 0 Å². The maximum atomic E-state index is 11.6. The number of anilines is 1. The van der Waals surface area contributed by atoms with E-state index in [9.17, 15) is 4.79 Å². The summed E-state index contributed by atoms with van der Waals surface area (Å²) in [6.45, 7) is 2.57. The second-order valence-electron chi connectivity index (χ2n) is 2.87. The molecule has 0 aliphatic heterocycles. The third-order valence-electron chi connectivity index (χ3n) is 1.96. The lowest BCUT2D eigenvalue weighted by atomic mass is 10.3. The Balaban J connectivity index is 2.81. The van der Waals surface area contributed by atoms with Crippen LogP contribution in [0.25, 0.3) is 0 Å². The largest absolute Gasteiger partial charge is 0.372 e. The number of hydrogen-bond donors (Lipinski definition) is 1. The molecule has 76 valence electrons. The van der Waals surface area contributed by atoms with Crippen molar-refractivity contribution in [2.45, 2.75) is 6.92 Å². The van der Waals surface area contributed by atoms with Gasteiger partial charge in [0.1, 0.15) is 5.82 Å². The number of aromatic nitrogens is 2. The number of rotatable bonds is 3. The molecule has 0 spiro atoms. The van der Waals surface area contributed by atoms with E-state index in [1.54, 1.807) is 31.1 Å². The highest BCUT2D eigenvalue weighted by molar-refractivity contribution is 5.92. The maximum absolute atomic E-state index is 11.6. The molecule has 0 aromatic carbocycles. The van der Waals surface area contributed by atoms with Crippen molar-refractivity contribution in [3.05, 3.63) is 17.8 Å². The van der Waals surface area contributed by atoms with E-state index in [0.717, 1.165) is 0 Å². The third-order valence-corrected chi connectivity index (χ3v) is 1.96. The molecule has 1 heterocycles. The van der Waals surface area contributed by atoms with Gasteiger partial charge in [0.15, 0.2) is 5.69 Å². The summed E-state index contributed by atoms with van der Waals surface area (Å²) in [4.78, 5) is 13.2. The molecule has 0 saturated carbocycles. The predicted molar refractivity (Wildman–Crippen MR) is 54.2 cm³/mol. The van der Waals surface area contributed by atoms with Crippen molar-refractivity contribution >= 4 is 11.7 Å². The first kappa shape index (κ1) is 10.4. The number of nitrogens with zero attached hydrogens (tertiary/aromatic N) is 3. The van der Waals surface area contributed by atoms with Crippen molar-refractivity contribution in [1.82, 2.24) is 15.1 Å². The summed E-state index contributed by atoms with van der Waals surface area (Å²) in [6, 6.07) is 3.39. The summed E-state index contributed by atoms with van der Waals surface area (Å²) in [5.41, 5.74) is 0.369. The minimum absolute atomic E-state index is 0.109. The first-order valence-electron chi connectivity index (χ1n) is 4.46. The number of hydrogen-bond acceptors (Lipinski definition) is 4. The highest BCUT2D eigenvalue weighted by Gasteiger charge is 2.11. The summed E-state index contributed by atoms with van der Waals surface area (Å²) in [6.07, 6.45) is 0. The molecule has 0 aliphatic carbocycles. The normalized spacial score (nSPS) is 9.64. The van der Waals surface area contributed by atoms with Crippen LogP contribution in [0.3, 0.4) is 0 Å². The van der Waals surface area contributed by atoms with E-state index >= 15 is 0 Å². The number of carbonyl (C=O) groups is 1. The van der Waals surface area contributed by atoms with E-state index < -0.39 is 0 Å². The number of carbonyl (C=O) groups excluding carboxylic acids is 1. The van der Waals surface area contributed by atoms with E-state index in [1.807, 2.05) is 6.92 Å². The van der Waals surface area contributed by atoms with E-state index in [4.69, 9.17) is 0 Å². The fourth-order valence-corrected chi connectivity index (χ4v) is 0.919. The van der Waals surface area contributed by atoms with Crippen LogP contribution in [-0.4, -0.2) is 41.6 Å². The van der Waals surface area contributed by atoms with Gasteiger partial charge in [0.05, 0.1) is 0 Å². The Hall–Kier alpha value is -1.65. The molecule has 1 rings (SSSR count). The Morgan fingerprint density at radius 1 is 1.50 bits per heavy atom. The molecule has 0 aliphatic rings. The minimum atomic E-state index is -0.109. The molecular formula is C9H14N4O. The standard InChI is InChI=1S/C9H14N4O/c1-4-13(3)9(14)7-5-6-8(10-2)12-11-7/h5-6H,4H2,1-3H3,(H,10,12). The summed E-state index contributed by atoms with van der Waals surface area (Å²) >= 11 is 0. The van der Waals surface area contributed by atoms with Gasteiger partial charge in [0.2, 0.25) is 0 Å². The van der Waals surface area contributed by atoms with Crippen LogP contribution in [0.15, 0.2) is 12.1 Å². The summed E-state index contributed by atoms with van der Waals surface area (Å²) in [7, 11) is 3.49. The zero-order valence-electron chi connectivity index (χ0n) is 8.61. The zero-order chi connectivity index (χ0) is 10.6. The minimum Gasteiger partial charge on any atom is -0.372 e. The van der Waals surface area contributed by atoms with Crippen LogP contribution in [0, 0.1) is 0 Å². The molecule has 0 unspecified atom stereocenters. The summed E-state index contributed by atoms with van der Waals surface area (Å²) < 4.78 is 0. The van der Waals surface area contributed by atoms with Crippen molar-refractivity contribution in [3.63, 3.8) is 0 Å². The molecule has 1 aromatic heterocycles. The predicted octanol–water partition coefficient (Wildman–Crippen LogP) is 0.610. The van der Waals surface area contributed by atoms with Crippen molar-refractivity contribution < 1.29 is 4.79 Å². The molecule has 0 atom stereocenters. The molecule has 5 heteroatoms. The average Bonchev–Trinajstić information content (AvgIpc) is 2.27. The number of nitrogens with one attached hydrogen (secondary N) is 1. The van der Waals surface area contributed by atoms with Crippen LogP contribution in [0.2, 0.25) is 0 Å². The van der Waals surface area contributed by atoms with Gasteiger partial charge in [-0.15, -0.1) is 10.2 Å². The summed E-state index contributed by atoms with van der Waals surface area (Å²) in [5.74, 6) is 0.545. The Morgan fingerprint density at radius 2 is 2.21 bits per heavy atom. The van der Waals surface area contributed by atoms with E-state index in [0.29, 0.717) is 18.1 Å². The zero-order valence-corrected chi connectivity index (χ0v) is 8.61. The molecule has 1 N–H and O–H groups in total. The van der Waals surface area contributed by atoms with Gasteiger partial charge >= 0.3 is 0 Å². The Kier molecular flexibility index (Phi) is 3.39. The van der Waals surface area contributed by atoms with E-state index in [1.165, 1.54) is 0 Å². The van der Waals surface area contributed by atoms with Gasteiger partial charge in [0.25, 0.3) is 5.91 Å². The van der Waals surface area contributed by atoms with Crippen LogP contribution < -0.4 is 5.32 Å². The van der Waals surface area contributed by atoms with Gasteiger partial charge in [-0.05, 0) is 19.1 Å². The molecule has 1 amide bonds. The van der Waals surface area contributed by atoms with Gasteiger partial charge in [0, 0.05) is 20.6 Å². The molecule has 14 heavy (non-hydrogen) atoms. The Bertz CT molecular complexity index is 309. The lowest BCUT2D eigenvalue weighted by molar-refractivity contribution is 0.0795. The monoisotopic (exact) mass is 194 g/mol. The fourth-order valence-electron chi connectivity index (χ4n) is 0.919. The molecule has 0 bridgehead atoms. The van der Waals surface area contributed by atoms with Crippen molar-refractivity contribution in [2.75, 3.05) is 26.0 Å². The highest BCUT2D eigenvalue weighted by Crippen LogP contribution is 2.02. The van der Waals surface area contributed by atoms with Crippen LogP contribution in [0.4, 0.5) is 5.82 Å². The maximum Gasteiger partial charge on any atom is 0.274 e. The van der Waals surface area contributed by atoms with Crippen molar-refractivity contribution in [3.8, 4) is 0 Å². The van der Waals surface area contributed by atoms with Crippen LogP contribution in [-0.2, 0) is 0 Å². The van der Waals surface area contributed by atoms with Crippen LogP contribution >= 0.6 is 0 Å². The SMILES string of the molecule is CCN(C)C(=O)c1ccc(NC)nn1. The second-order valence-corrected chi connectivity index (χ2v) is 2.87. The van der Waals surface area contributed by atoms with Crippen molar-refractivity contribution in [2.24, 2.45) is 0 Å². The van der Waals surface area contributed by atoms with Crippen LogP contribution in [0.5, 0.6) is 0 Å². The quantitative estimate of drug-likeness (QED) is 0.766.